The van der Waals surface area contributed by atoms with E-state index in [9.17, 15) is 0 Å². The van der Waals surface area contributed by atoms with E-state index in [1.165, 1.54) is 12.8 Å². The van der Waals surface area contributed by atoms with E-state index in [-0.39, 0.29) is 5.41 Å². The zero-order valence-corrected chi connectivity index (χ0v) is 12.3. The summed E-state index contributed by atoms with van der Waals surface area (Å²) < 4.78 is 5.69. The highest BCUT2D eigenvalue weighted by Gasteiger charge is 2.42. The number of ether oxygens (including phenoxy) is 1. The van der Waals surface area contributed by atoms with Crippen LogP contribution in [-0.2, 0) is 0 Å². The first-order valence-corrected chi connectivity index (χ1v) is 7.15. The van der Waals surface area contributed by atoms with Gasteiger partial charge in [-0.3, -0.25) is 0 Å². The van der Waals surface area contributed by atoms with Crippen LogP contribution < -0.4 is 4.74 Å². The van der Waals surface area contributed by atoms with Crippen LogP contribution in [0.1, 0.15) is 12.8 Å². The lowest BCUT2D eigenvalue weighted by Crippen LogP contribution is -2.14. The summed E-state index contributed by atoms with van der Waals surface area (Å²) in [7, 11) is 0. The zero-order valence-electron chi connectivity index (χ0n) is 8.40. The maximum atomic E-state index is 6.01. The summed E-state index contributed by atoms with van der Waals surface area (Å²) in [5.41, 5.74) is 0.287. The smallest absolute Gasteiger partial charge is 0.139 e. The highest BCUT2D eigenvalue weighted by molar-refractivity contribution is 9.09. The minimum absolute atomic E-state index is 0.287. The molecule has 0 aromatic heterocycles. The van der Waals surface area contributed by atoms with Gasteiger partial charge in [0.15, 0.2) is 0 Å². The minimum atomic E-state index is 0.287. The lowest BCUT2D eigenvalue weighted by molar-refractivity contribution is 0.251. The molecule has 1 fully saturated rings. The first-order chi connectivity index (χ1) is 7.56. The third-order valence-corrected chi connectivity index (χ3v) is 4.96. The van der Waals surface area contributed by atoms with Gasteiger partial charge in [-0.15, -0.1) is 0 Å². The Morgan fingerprint density at radius 1 is 1.12 bits per heavy atom. The fourth-order valence-electron chi connectivity index (χ4n) is 1.34. The van der Waals surface area contributed by atoms with E-state index < -0.39 is 0 Å². The Morgan fingerprint density at radius 2 is 1.75 bits per heavy atom. The quantitative estimate of drug-likeness (QED) is 0.539. The van der Waals surface area contributed by atoms with Gasteiger partial charge in [-0.2, -0.15) is 0 Å². The van der Waals surface area contributed by atoms with E-state index in [1.54, 1.807) is 12.1 Å². The Balaban J connectivity index is 2.07. The average molecular weight is 344 g/mol. The number of halogens is 4. The maximum Gasteiger partial charge on any atom is 0.139 e. The monoisotopic (exact) mass is 342 g/mol. The van der Waals surface area contributed by atoms with Crippen LogP contribution >= 0.6 is 50.7 Å². The molecule has 0 heterocycles. The van der Waals surface area contributed by atoms with Gasteiger partial charge in [-0.05, 0) is 18.9 Å². The lowest BCUT2D eigenvalue weighted by Gasteiger charge is -2.14. The second-order valence-corrected chi connectivity index (χ2v) is 5.90. The summed E-state index contributed by atoms with van der Waals surface area (Å²) in [6, 6.07) is 3.27. The van der Waals surface area contributed by atoms with Crippen LogP contribution in [0, 0.1) is 5.41 Å². The number of rotatable bonds is 4. The van der Waals surface area contributed by atoms with Gasteiger partial charge in [0, 0.05) is 16.8 Å². The van der Waals surface area contributed by atoms with Crippen LogP contribution in [0.3, 0.4) is 0 Å². The molecular weight excluding hydrogens is 334 g/mol. The first-order valence-electron chi connectivity index (χ1n) is 4.90. The topological polar surface area (TPSA) is 9.23 Å². The van der Waals surface area contributed by atoms with Crippen molar-refractivity contribution in [2.24, 2.45) is 5.41 Å². The standard InChI is InChI=1S/C11H10BrCl3O/c12-5-11(1-2-11)6-16-10-4-8(14)7(13)3-9(10)15/h3-4H,1-2,5-6H2. The maximum absolute atomic E-state index is 6.01. The minimum Gasteiger partial charge on any atom is -0.491 e. The van der Waals surface area contributed by atoms with Gasteiger partial charge in [0.2, 0.25) is 0 Å². The van der Waals surface area contributed by atoms with Crippen molar-refractivity contribution < 1.29 is 4.74 Å². The van der Waals surface area contributed by atoms with Gasteiger partial charge in [0.25, 0.3) is 0 Å². The summed E-state index contributed by atoms with van der Waals surface area (Å²) in [6.07, 6.45) is 2.38. The second kappa shape index (κ2) is 4.93. The lowest BCUT2D eigenvalue weighted by atomic mass is 10.2. The summed E-state index contributed by atoms with van der Waals surface area (Å²) in [5, 5.41) is 2.36. The van der Waals surface area contributed by atoms with Gasteiger partial charge >= 0.3 is 0 Å². The molecule has 0 radical (unpaired) electrons. The summed E-state index contributed by atoms with van der Waals surface area (Å²) >= 11 is 21.2. The largest absolute Gasteiger partial charge is 0.491 e. The Hall–Kier alpha value is 0.370. The van der Waals surface area contributed by atoms with Gasteiger partial charge in [-0.25, -0.2) is 0 Å². The molecule has 1 aliphatic carbocycles. The summed E-state index contributed by atoms with van der Waals surface area (Å²) in [6.45, 7) is 0.663. The number of benzene rings is 1. The van der Waals surface area contributed by atoms with Crippen molar-refractivity contribution >= 4 is 50.7 Å². The highest BCUT2D eigenvalue weighted by Crippen LogP contribution is 2.47. The Labute approximate surface area is 118 Å². The van der Waals surface area contributed by atoms with Crippen molar-refractivity contribution in [1.82, 2.24) is 0 Å². The molecule has 2 rings (SSSR count). The fraction of sp³-hybridized carbons (Fsp3) is 0.455. The van der Waals surface area contributed by atoms with E-state index in [2.05, 4.69) is 15.9 Å². The number of alkyl halides is 1. The average Bonchev–Trinajstić information content (AvgIpc) is 3.02. The van der Waals surface area contributed by atoms with E-state index in [0.29, 0.717) is 27.4 Å². The molecule has 0 N–H and O–H groups in total. The van der Waals surface area contributed by atoms with Crippen LogP contribution in [0.25, 0.3) is 0 Å². The summed E-state index contributed by atoms with van der Waals surface area (Å²) in [5.74, 6) is 0.600. The van der Waals surface area contributed by atoms with E-state index in [0.717, 1.165) is 5.33 Å². The normalized spacial score (nSPS) is 17.2. The van der Waals surface area contributed by atoms with Gasteiger partial charge in [0.1, 0.15) is 5.75 Å². The van der Waals surface area contributed by atoms with Crippen molar-refractivity contribution in [3.63, 3.8) is 0 Å². The van der Waals surface area contributed by atoms with Gasteiger partial charge < -0.3 is 4.74 Å². The fourth-order valence-corrected chi connectivity index (χ4v) is 2.65. The Kier molecular flexibility index (Phi) is 3.95. The predicted octanol–water partition coefficient (Wildman–Crippen LogP) is 5.20. The van der Waals surface area contributed by atoms with Crippen molar-refractivity contribution in [3.8, 4) is 5.75 Å². The molecule has 0 amide bonds. The molecule has 1 aromatic rings. The number of hydrogen-bond donors (Lipinski definition) is 0. The van der Waals surface area contributed by atoms with Gasteiger partial charge in [0.05, 0.1) is 21.7 Å². The van der Waals surface area contributed by atoms with Crippen LogP contribution in [0.15, 0.2) is 12.1 Å². The number of hydrogen-bond acceptors (Lipinski definition) is 1. The molecule has 88 valence electrons. The second-order valence-electron chi connectivity index (χ2n) is 4.12. The molecule has 0 atom stereocenters. The van der Waals surface area contributed by atoms with Crippen molar-refractivity contribution in [2.75, 3.05) is 11.9 Å². The molecule has 1 nitrogen and oxygen atoms in total. The van der Waals surface area contributed by atoms with E-state index in [4.69, 9.17) is 39.5 Å². The molecule has 1 aromatic carbocycles. The van der Waals surface area contributed by atoms with Crippen LogP contribution in [0.4, 0.5) is 0 Å². The molecule has 0 saturated heterocycles. The van der Waals surface area contributed by atoms with E-state index >= 15 is 0 Å². The summed E-state index contributed by atoms with van der Waals surface area (Å²) in [4.78, 5) is 0. The molecule has 5 heteroatoms. The molecule has 16 heavy (non-hydrogen) atoms. The molecule has 0 unspecified atom stereocenters. The first kappa shape index (κ1) is 12.8. The molecule has 0 aliphatic heterocycles. The SMILES string of the molecule is Clc1cc(Cl)c(OCC2(CBr)CC2)cc1Cl. The van der Waals surface area contributed by atoms with Crippen molar-refractivity contribution in [1.29, 1.82) is 0 Å². The van der Waals surface area contributed by atoms with Crippen molar-refractivity contribution in [3.05, 3.63) is 27.2 Å². The van der Waals surface area contributed by atoms with Crippen LogP contribution in [0.2, 0.25) is 15.1 Å². The van der Waals surface area contributed by atoms with Crippen LogP contribution in [0.5, 0.6) is 5.75 Å². The van der Waals surface area contributed by atoms with Gasteiger partial charge in [-0.1, -0.05) is 50.7 Å². The molecular formula is C11H10BrCl3O. The highest BCUT2D eigenvalue weighted by atomic mass is 79.9. The third kappa shape index (κ3) is 2.79. The van der Waals surface area contributed by atoms with Crippen molar-refractivity contribution in [2.45, 2.75) is 12.8 Å². The van der Waals surface area contributed by atoms with E-state index in [1.807, 2.05) is 0 Å². The molecule has 1 saturated carbocycles. The zero-order chi connectivity index (χ0) is 11.8. The van der Waals surface area contributed by atoms with Crippen LogP contribution in [-0.4, -0.2) is 11.9 Å². The Morgan fingerprint density at radius 3 is 2.31 bits per heavy atom. The Bertz CT molecular complexity index is 404. The third-order valence-electron chi connectivity index (χ3n) is 2.75. The molecule has 0 spiro atoms. The predicted molar refractivity (Wildman–Crippen MR) is 72.4 cm³/mol. The molecule has 0 bridgehead atoms. The molecule has 1 aliphatic rings.